The van der Waals surface area contributed by atoms with Crippen LogP contribution in [0.2, 0.25) is 0 Å². The van der Waals surface area contributed by atoms with Gasteiger partial charge < -0.3 is 15.2 Å². The number of carbonyl (C=O) groups is 1. The van der Waals surface area contributed by atoms with Gasteiger partial charge in [-0.25, -0.2) is 0 Å². The number of nitrogens with one attached hydrogen (secondary N) is 2. The largest absolute Gasteiger partial charge is 0.349 e. The molecule has 0 aliphatic carbocycles. The molecule has 1 aliphatic heterocycles. The van der Waals surface area contributed by atoms with E-state index in [0.717, 1.165) is 36.5 Å². The molecule has 1 fully saturated rings. The number of hydrogen-bond donors (Lipinski definition) is 2. The Morgan fingerprint density at radius 1 is 1.28 bits per heavy atom. The van der Waals surface area contributed by atoms with Crippen LogP contribution in [0.15, 0.2) is 36.4 Å². The van der Waals surface area contributed by atoms with Gasteiger partial charge in [-0.2, -0.15) is 0 Å². The van der Waals surface area contributed by atoms with Crippen LogP contribution in [0, 0.1) is 19.8 Å². The van der Waals surface area contributed by atoms with Gasteiger partial charge in [0.25, 0.3) is 5.91 Å². The van der Waals surface area contributed by atoms with Crippen molar-refractivity contribution in [2.75, 3.05) is 13.1 Å². The maximum absolute atomic E-state index is 12.9. The van der Waals surface area contributed by atoms with Crippen LogP contribution in [-0.4, -0.2) is 29.6 Å². The third kappa shape index (κ3) is 3.64. The predicted molar refractivity (Wildman–Crippen MR) is 102 cm³/mol. The summed E-state index contributed by atoms with van der Waals surface area (Å²) < 4.78 is 2.26. The lowest BCUT2D eigenvalue weighted by Crippen LogP contribution is -2.48. The Labute approximate surface area is 150 Å². The van der Waals surface area contributed by atoms with E-state index in [2.05, 4.69) is 60.2 Å². The van der Waals surface area contributed by atoms with E-state index in [9.17, 15) is 4.79 Å². The normalized spacial score (nSPS) is 21.8. The molecule has 0 radical (unpaired) electrons. The highest BCUT2D eigenvalue weighted by Gasteiger charge is 2.25. The number of amides is 1. The average Bonchev–Trinajstić information content (AvgIpc) is 2.91. The number of nitrogens with zero attached hydrogens (tertiary/aromatic N) is 1. The summed E-state index contributed by atoms with van der Waals surface area (Å²) >= 11 is 0. The molecule has 2 N–H and O–H groups in total. The molecule has 0 saturated carbocycles. The predicted octanol–water partition coefficient (Wildman–Crippen LogP) is 3.44. The van der Waals surface area contributed by atoms with Gasteiger partial charge in [0.15, 0.2) is 0 Å². The van der Waals surface area contributed by atoms with Crippen LogP contribution < -0.4 is 10.6 Å². The van der Waals surface area contributed by atoms with E-state index in [1.165, 1.54) is 5.56 Å². The van der Waals surface area contributed by atoms with Crippen LogP contribution in [0.1, 0.15) is 53.6 Å². The number of aryl methyl sites for hydroxylation is 1. The molecule has 1 aromatic carbocycles. The minimum absolute atomic E-state index is 0.0540. The van der Waals surface area contributed by atoms with Crippen LogP contribution in [0.5, 0.6) is 0 Å². The van der Waals surface area contributed by atoms with Crippen molar-refractivity contribution in [3.05, 3.63) is 58.9 Å². The molecule has 0 bridgehead atoms. The third-order valence-corrected chi connectivity index (χ3v) is 5.50. The molecule has 3 atom stereocenters. The Morgan fingerprint density at radius 2 is 2.00 bits per heavy atom. The first-order valence-corrected chi connectivity index (χ1v) is 9.24. The second-order valence-electron chi connectivity index (χ2n) is 7.29. The molecule has 25 heavy (non-hydrogen) atoms. The fourth-order valence-electron chi connectivity index (χ4n) is 3.96. The van der Waals surface area contributed by atoms with Gasteiger partial charge in [-0.3, -0.25) is 4.79 Å². The molecule has 2 heterocycles. The Kier molecular flexibility index (Phi) is 5.28. The zero-order valence-electron chi connectivity index (χ0n) is 15.7. The second kappa shape index (κ2) is 7.44. The minimum Gasteiger partial charge on any atom is -0.349 e. The number of hydrogen-bond acceptors (Lipinski definition) is 2. The topological polar surface area (TPSA) is 46.1 Å². The first kappa shape index (κ1) is 17.7. The zero-order valence-corrected chi connectivity index (χ0v) is 15.7. The summed E-state index contributed by atoms with van der Waals surface area (Å²) in [6.45, 7) is 10.4. The summed E-state index contributed by atoms with van der Waals surface area (Å²) in [5.41, 5.74) is 4.21. The van der Waals surface area contributed by atoms with Crippen molar-refractivity contribution < 1.29 is 4.79 Å². The van der Waals surface area contributed by atoms with E-state index in [-0.39, 0.29) is 18.0 Å². The van der Waals surface area contributed by atoms with Gasteiger partial charge in [-0.15, -0.1) is 0 Å². The lowest BCUT2D eigenvalue weighted by molar-refractivity contribution is 0.0913. The number of benzene rings is 1. The molecule has 3 rings (SSSR count). The van der Waals surface area contributed by atoms with Crippen molar-refractivity contribution in [2.45, 2.75) is 46.2 Å². The summed E-state index contributed by atoms with van der Waals surface area (Å²) in [5.74, 6) is 0.516. The van der Waals surface area contributed by atoms with Gasteiger partial charge in [-0.1, -0.05) is 37.3 Å². The molecular weight excluding hydrogens is 310 g/mol. The van der Waals surface area contributed by atoms with Crippen molar-refractivity contribution in [3.63, 3.8) is 0 Å². The average molecular weight is 339 g/mol. The molecule has 1 aliphatic rings. The van der Waals surface area contributed by atoms with Crippen LogP contribution >= 0.6 is 0 Å². The number of rotatable bonds is 4. The number of piperidine rings is 1. The van der Waals surface area contributed by atoms with Crippen molar-refractivity contribution in [3.8, 4) is 0 Å². The lowest BCUT2D eigenvalue weighted by Gasteiger charge is -2.30. The number of carbonyl (C=O) groups excluding carboxylic acids is 1. The van der Waals surface area contributed by atoms with Crippen LogP contribution in [0.4, 0.5) is 0 Å². The van der Waals surface area contributed by atoms with E-state index < -0.39 is 0 Å². The van der Waals surface area contributed by atoms with Crippen molar-refractivity contribution in [1.29, 1.82) is 0 Å². The highest BCUT2D eigenvalue weighted by molar-refractivity contribution is 5.96. The van der Waals surface area contributed by atoms with Gasteiger partial charge in [-0.05, 0) is 57.8 Å². The molecule has 4 nitrogen and oxygen atoms in total. The van der Waals surface area contributed by atoms with Gasteiger partial charge in [0.05, 0.1) is 11.6 Å². The Morgan fingerprint density at radius 3 is 2.68 bits per heavy atom. The Bertz CT molecular complexity index is 735. The van der Waals surface area contributed by atoms with Crippen molar-refractivity contribution in [1.82, 2.24) is 15.2 Å². The van der Waals surface area contributed by atoms with Crippen molar-refractivity contribution >= 4 is 5.91 Å². The third-order valence-electron chi connectivity index (χ3n) is 5.50. The summed E-state index contributed by atoms with van der Waals surface area (Å²) in [6, 6.07) is 12.9. The first-order chi connectivity index (χ1) is 12.0. The zero-order chi connectivity index (χ0) is 18.0. The smallest absolute Gasteiger partial charge is 0.253 e. The van der Waals surface area contributed by atoms with Gasteiger partial charge >= 0.3 is 0 Å². The van der Waals surface area contributed by atoms with Gasteiger partial charge in [0.1, 0.15) is 0 Å². The minimum atomic E-state index is 0.0540. The molecule has 1 saturated heterocycles. The molecule has 3 unspecified atom stereocenters. The summed E-state index contributed by atoms with van der Waals surface area (Å²) in [4.78, 5) is 12.9. The monoisotopic (exact) mass is 339 g/mol. The molecule has 0 spiro atoms. The van der Waals surface area contributed by atoms with E-state index in [0.29, 0.717) is 5.92 Å². The maximum atomic E-state index is 12.9. The standard InChI is InChI=1S/C21H29N3O/c1-14-13-22-11-10-20(14)23-21(25)19-12-15(2)24(17(19)4)16(3)18-8-6-5-7-9-18/h5-9,12,14,16,20,22H,10-11,13H2,1-4H3,(H,23,25). The van der Waals surface area contributed by atoms with Crippen molar-refractivity contribution in [2.24, 2.45) is 5.92 Å². The molecule has 1 aromatic heterocycles. The summed E-state index contributed by atoms with van der Waals surface area (Å²) in [5, 5.41) is 6.63. The maximum Gasteiger partial charge on any atom is 0.253 e. The molecule has 134 valence electrons. The quantitative estimate of drug-likeness (QED) is 0.896. The highest BCUT2D eigenvalue weighted by Crippen LogP contribution is 2.25. The van der Waals surface area contributed by atoms with Crippen LogP contribution in [0.3, 0.4) is 0 Å². The van der Waals surface area contributed by atoms with Gasteiger partial charge in [0.2, 0.25) is 0 Å². The Balaban J connectivity index is 1.83. The van der Waals surface area contributed by atoms with E-state index >= 15 is 0 Å². The highest BCUT2D eigenvalue weighted by atomic mass is 16.1. The first-order valence-electron chi connectivity index (χ1n) is 9.24. The Hall–Kier alpha value is -2.07. The van der Waals surface area contributed by atoms with E-state index in [4.69, 9.17) is 0 Å². The van der Waals surface area contributed by atoms with Crippen LogP contribution in [-0.2, 0) is 0 Å². The number of aromatic nitrogens is 1. The molecule has 1 amide bonds. The fourth-order valence-corrected chi connectivity index (χ4v) is 3.96. The molecular formula is C21H29N3O. The van der Waals surface area contributed by atoms with E-state index in [1.54, 1.807) is 0 Å². The van der Waals surface area contributed by atoms with E-state index in [1.807, 2.05) is 19.1 Å². The molecule has 2 aromatic rings. The summed E-state index contributed by atoms with van der Waals surface area (Å²) in [7, 11) is 0. The second-order valence-corrected chi connectivity index (χ2v) is 7.29. The fraction of sp³-hybridized carbons (Fsp3) is 0.476. The molecule has 4 heteroatoms. The summed E-state index contributed by atoms with van der Waals surface area (Å²) in [6.07, 6.45) is 0.992. The van der Waals surface area contributed by atoms with Gasteiger partial charge in [0, 0.05) is 17.4 Å². The van der Waals surface area contributed by atoms with Crippen LogP contribution in [0.25, 0.3) is 0 Å². The lowest BCUT2D eigenvalue weighted by atomic mass is 9.95. The SMILES string of the molecule is Cc1cc(C(=O)NC2CCNCC2C)c(C)n1C(C)c1ccccc1.